The summed E-state index contributed by atoms with van der Waals surface area (Å²) in [6, 6.07) is 6.89. The van der Waals surface area contributed by atoms with Gasteiger partial charge in [-0.25, -0.2) is 0 Å². The molecule has 0 N–H and O–H groups in total. The zero-order valence-electron chi connectivity index (χ0n) is 6.96. The van der Waals surface area contributed by atoms with Crippen LogP contribution in [0.1, 0.15) is 17.3 Å². The Morgan fingerprint density at radius 2 is 2.00 bits per heavy atom. The van der Waals surface area contributed by atoms with E-state index in [2.05, 4.69) is 0 Å². The first-order valence-electron chi connectivity index (χ1n) is 3.65. The molecule has 13 heavy (non-hydrogen) atoms. The number of Topliss-reactive ketones (excluding diaryl/α,β-unsaturated/α-hetero) is 1. The molecule has 1 aromatic carbocycles. The van der Waals surface area contributed by atoms with Crippen LogP contribution in [0.4, 0.5) is 0 Å². The molecule has 0 spiro atoms. The van der Waals surface area contributed by atoms with Crippen LogP contribution in [0.15, 0.2) is 24.3 Å². The maximum Gasteiger partial charge on any atom is 0.222 e. The standard InChI is InChI=1S/C9H8ClIO2/c1-6(12)7-2-4-8(5-3-7)13-9(10)11/h2-5,9H,1H3. The van der Waals surface area contributed by atoms with Gasteiger partial charge in [-0.15, -0.1) is 0 Å². The van der Waals surface area contributed by atoms with Crippen molar-refractivity contribution in [1.82, 2.24) is 0 Å². The maximum absolute atomic E-state index is 10.9. The van der Waals surface area contributed by atoms with Gasteiger partial charge >= 0.3 is 0 Å². The molecule has 1 aromatic rings. The first-order chi connectivity index (χ1) is 6.09. The van der Waals surface area contributed by atoms with Crippen LogP contribution in [0.5, 0.6) is 5.75 Å². The van der Waals surface area contributed by atoms with Gasteiger partial charge in [0.05, 0.1) is 0 Å². The van der Waals surface area contributed by atoms with E-state index in [0.29, 0.717) is 11.3 Å². The SMILES string of the molecule is CC(=O)c1ccc(OC(Cl)I)cc1. The summed E-state index contributed by atoms with van der Waals surface area (Å²) in [7, 11) is 0. The number of carbonyl (C=O) groups excluding carboxylic acids is 1. The fraction of sp³-hybridized carbons (Fsp3) is 0.222. The number of ketones is 1. The lowest BCUT2D eigenvalue weighted by molar-refractivity contribution is 0.101. The molecule has 0 bridgehead atoms. The Kier molecular flexibility index (Phi) is 3.99. The van der Waals surface area contributed by atoms with Crippen LogP contribution in [0.2, 0.25) is 0 Å². The monoisotopic (exact) mass is 310 g/mol. The predicted octanol–water partition coefficient (Wildman–Crippen LogP) is 3.23. The lowest BCUT2D eigenvalue weighted by atomic mass is 10.1. The maximum atomic E-state index is 10.9. The molecule has 0 radical (unpaired) electrons. The topological polar surface area (TPSA) is 26.3 Å². The molecule has 0 aliphatic rings. The Labute approximate surface area is 95.4 Å². The van der Waals surface area contributed by atoms with Crippen molar-refractivity contribution in [3.8, 4) is 5.75 Å². The third kappa shape index (κ3) is 3.52. The average Bonchev–Trinajstić information content (AvgIpc) is 2.04. The largest absolute Gasteiger partial charge is 0.466 e. The van der Waals surface area contributed by atoms with Gasteiger partial charge in [-0.05, 0) is 53.8 Å². The Morgan fingerprint density at radius 1 is 1.46 bits per heavy atom. The Morgan fingerprint density at radius 3 is 2.38 bits per heavy atom. The summed E-state index contributed by atoms with van der Waals surface area (Å²) in [5.74, 6) is 0.711. The predicted molar refractivity (Wildman–Crippen MR) is 60.7 cm³/mol. The van der Waals surface area contributed by atoms with Gasteiger partial charge in [0.15, 0.2) is 5.78 Å². The summed E-state index contributed by atoms with van der Waals surface area (Å²) >= 11 is 7.56. The van der Waals surface area contributed by atoms with Crippen LogP contribution in [0.3, 0.4) is 0 Å². The molecular weight excluding hydrogens is 302 g/mol. The van der Waals surface area contributed by atoms with Crippen molar-refractivity contribution in [2.75, 3.05) is 0 Å². The van der Waals surface area contributed by atoms with Crippen molar-refractivity contribution in [3.63, 3.8) is 0 Å². The molecule has 70 valence electrons. The van der Waals surface area contributed by atoms with E-state index >= 15 is 0 Å². The molecule has 0 aliphatic heterocycles. The van der Waals surface area contributed by atoms with Crippen LogP contribution in [-0.2, 0) is 0 Å². The van der Waals surface area contributed by atoms with Gasteiger partial charge in [-0.2, -0.15) is 0 Å². The minimum absolute atomic E-state index is 0.0449. The van der Waals surface area contributed by atoms with Gasteiger partial charge < -0.3 is 4.74 Å². The van der Waals surface area contributed by atoms with Gasteiger partial charge in [0, 0.05) is 5.56 Å². The highest BCUT2D eigenvalue weighted by molar-refractivity contribution is 14.1. The molecule has 1 atom stereocenters. The van der Waals surface area contributed by atoms with E-state index in [4.69, 9.17) is 16.3 Å². The molecule has 0 fully saturated rings. The first-order valence-corrected chi connectivity index (χ1v) is 5.33. The third-order valence-corrected chi connectivity index (χ3v) is 1.83. The molecular formula is C9H8ClIO2. The van der Waals surface area contributed by atoms with Crippen LogP contribution in [0.25, 0.3) is 0 Å². The number of benzene rings is 1. The second-order valence-electron chi connectivity index (χ2n) is 2.46. The number of hydrogen-bond donors (Lipinski definition) is 0. The minimum Gasteiger partial charge on any atom is -0.466 e. The number of hydrogen-bond acceptors (Lipinski definition) is 2. The lowest BCUT2D eigenvalue weighted by Gasteiger charge is -2.06. The zero-order chi connectivity index (χ0) is 9.84. The van der Waals surface area contributed by atoms with Crippen LogP contribution >= 0.6 is 34.2 Å². The summed E-state index contributed by atoms with van der Waals surface area (Å²) in [6.45, 7) is 1.53. The number of halogens is 2. The van der Waals surface area contributed by atoms with Crippen LogP contribution in [-0.4, -0.2) is 9.35 Å². The van der Waals surface area contributed by atoms with E-state index in [1.807, 2.05) is 22.6 Å². The highest BCUT2D eigenvalue weighted by atomic mass is 127. The van der Waals surface area contributed by atoms with Crippen molar-refractivity contribution < 1.29 is 9.53 Å². The quantitative estimate of drug-likeness (QED) is 0.487. The molecule has 2 nitrogen and oxygen atoms in total. The van der Waals surface area contributed by atoms with Gasteiger partial charge in [0.1, 0.15) is 5.75 Å². The van der Waals surface area contributed by atoms with Crippen LogP contribution < -0.4 is 4.74 Å². The highest BCUT2D eigenvalue weighted by Crippen LogP contribution is 2.18. The normalized spacial score (nSPS) is 12.2. The highest BCUT2D eigenvalue weighted by Gasteiger charge is 2.02. The lowest BCUT2D eigenvalue weighted by Crippen LogP contribution is -1.98. The van der Waals surface area contributed by atoms with E-state index in [-0.39, 0.29) is 9.35 Å². The van der Waals surface area contributed by atoms with Gasteiger partial charge in [0.25, 0.3) is 0 Å². The molecule has 0 amide bonds. The molecule has 1 unspecified atom stereocenters. The summed E-state index contributed by atoms with van der Waals surface area (Å²) in [6.07, 6.45) is 0. The van der Waals surface area contributed by atoms with Gasteiger partial charge in [-0.1, -0.05) is 11.6 Å². The number of ether oxygens (including phenoxy) is 1. The molecule has 0 aromatic heterocycles. The van der Waals surface area contributed by atoms with E-state index in [1.54, 1.807) is 24.3 Å². The van der Waals surface area contributed by atoms with E-state index in [9.17, 15) is 4.79 Å². The van der Waals surface area contributed by atoms with Crippen molar-refractivity contribution in [1.29, 1.82) is 0 Å². The second kappa shape index (κ2) is 4.81. The molecule has 0 saturated carbocycles. The summed E-state index contributed by atoms with van der Waals surface area (Å²) in [4.78, 5) is 10.9. The fourth-order valence-electron chi connectivity index (χ4n) is 0.871. The van der Waals surface area contributed by atoms with Gasteiger partial charge in [-0.3, -0.25) is 4.79 Å². The summed E-state index contributed by atoms with van der Waals surface area (Å²) in [5, 5.41) is 0. The molecule has 0 saturated heterocycles. The summed E-state index contributed by atoms with van der Waals surface area (Å²) in [5.41, 5.74) is 0.673. The number of carbonyl (C=O) groups is 1. The van der Waals surface area contributed by atoms with E-state index in [0.717, 1.165) is 0 Å². The first kappa shape index (κ1) is 10.8. The van der Waals surface area contributed by atoms with Crippen molar-refractivity contribution >= 4 is 40.0 Å². The Balaban J connectivity index is 2.75. The van der Waals surface area contributed by atoms with E-state index in [1.165, 1.54) is 6.92 Å². The number of rotatable bonds is 3. The van der Waals surface area contributed by atoms with Crippen molar-refractivity contribution in [2.24, 2.45) is 0 Å². The molecule has 4 heteroatoms. The smallest absolute Gasteiger partial charge is 0.222 e. The minimum atomic E-state index is -0.388. The van der Waals surface area contributed by atoms with Crippen molar-refractivity contribution in [3.05, 3.63) is 29.8 Å². The Hall–Kier alpha value is -0.290. The second-order valence-corrected chi connectivity index (χ2v) is 4.72. The molecule has 0 heterocycles. The van der Waals surface area contributed by atoms with Crippen molar-refractivity contribution in [2.45, 2.75) is 10.5 Å². The fourth-order valence-corrected chi connectivity index (χ4v) is 1.27. The number of alkyl halides is 2. The third-order valence-electron chi connectivity index (χ3n) is 1.49. The van der Waals surface area contributed by atoms with Crippen LogP contribution in [0, 0.1) is 0 Å². The van der Waals surface area contributed by atoms with E-state index < -0.39 is 0 Å². The molecule has 1 rings (SSSR count). The molecule has 0 aliphatic carbocycles. The zero-order valence-corrected chi connectivity index (χ0v) is 9.87. The van der Waals surface area contributed by atoms with Gasteiger partial charge in [0.2, 0.25) is 3.57 Å². The average molecular weight is 311 g/mol. The Bertz CT molecular complexity index is 295. The summed E-state index contributed by atoms with van der Waals surface area (Å²) < 4.78 is 4.80.